The van der Waals surface area contributed by atoms with Crippen molar-refractivity contribution in [1.29, 1.82) is 0 Å². The van der Waals surface area contributed by atoms with Crippen molar-refractivity contribution in [2.45, 2.75) is 0 Å². The van der Waals surface area contributed by atoms with Crippen molar-refractivity contribution in [3.63, 3.8) is 0 Å². The van der Waals surface area contributed by atoms with E-state index in [1.54, 1.807) is 0 Å². The largest absolute Gasteiger partial charge is 0.395 e. The molecule has 0 saturated carbocycles. The Hall–Kier alpha value is -1.18. The molecule has 0 heterocycles. The summed E-state index contributed by atoms with van der Waals surface area (Å²) in [7, 11) is 1.85. The van der Waals surface area contributed by atoms with Gasteiger partial charge >= 0.3 is 0 Å². The van der Waals surface area contributed by atoms with Crippen molar-refractivity contribution in [3.05, 3.63) is 30.3 Å². The Balaban J connectivity index is 0.000000433. The SMILES string of the molecule is CN(CCO)CCO.OCCN(CCO)c1ccccc1. The molecular formula is C15H28N2O4. The van der Waals surface area contributed by atoms with Crippen molar-refractivity contribution in [2.75, 3.05) is 64.6 Å². The first kappa shape index (κ1) is 19.8. The Morgan fingerprint density at radius 2 is 1.14 bits per heavy atom. The topological polar surface area (TPSA) is 87.4 Å². The number of anilines is 1. The van der Waals surface area contributed by atoms with Gasteiger partial charge in [-0.15, -0.1) is 0 Å². The van der Waals surface area contributed by atoms with Crippen LogP contribution in [0, 0.1) is 0 Å². The number of benzene rings is 1. The third kappa shape index (κ3) is 10.2. The maximum atomic E-state index is 8.80. The summed E-state index contributed by atoms with van der Waals surface area (Å²) in [6.45, 7) is 2.94. The summed E-state index contributed by atoms with van der Waals surface area (Å²) in [4.78, 5) is 3.81. The summed E-state index contributed by atoms with van der Waals surface area (Å²) >= 11 is 0. The molecule has 0 atom stereocenters. The van der Waals surface area contributed by atoms with Gasteiger partial charge < -0.3 is 30.2 Å². The van der Waals surface area contributed by atoms with E-state index in [2.05, 4.69) is 0 Å². The fourth-order valence-corrected chi connectivity index (χ4v) is 1.70. The van der Waals surface area contributed by atoms with Gasteiger partial charge in [0.15, 0.2) is 0 Å². The Morgan fingerprint density at radius 3 is 1.52 bits per heavy atom. The van der Waals surface area contributed by atoms with Crippen LogP contribution in [0.3, 0.4) is 0 Å². The van der Waals surface area contributed by atoms with Gasteiger partial charge in [0.1, 0.15) is 0 Å². The van der Waals surface area contributed by atoms with Crippen LogP contribution >= 0.6 is 0 Å². The van der Waals surface area contributed by atoms with Crippen molar-refractivity contribution < 1.29 is 20.4 Å². The number of nitrogens with zero attached hydrogens (tertiary/aromatic N) is 2. The number of likely N-dealkylation sites (N-methyl/N-ethyl adjacent to an activating group) is 1. The van der Waals surface area contributed by atoms with Gasteiger partial charge in [0.05, 0.1) is 26.4 Å². The molecule has 21 heavy (non-hydrogen) atoms. The molecule has 0 spiro atoms. The molecule has 0 aromatic heterocycles. The average molecular weight is 300 g/mol. The minimum Gasteiger partial charge on any atom is -0.395 e. The van der Waals surface area contributed by atoms with Crippen LogP contribution in [0.15, 0.2) is 30.3 Å². The number of rotatable bonds is 9. The maximum Gasteiger partial charge on any atom is 0.0606 e. The Labute approximate surface area is 126 Å². The van der Waals surface area contributed by atoms with Crippen molar-refractivity contribution >= 4 is 5.69 Å². The zero-order valence-corrected chi connectivity index (χ0v) is 12.7. The third-order valence-corrected chi connectivity index (χ3v) is 2.82. The Bertz CT molecular complexity index is 313. The monoisotopic (exact) mass is 300 g/mol. The molecule has 1 rings (SSSR count). The summed E-state index contributed by atoms with van der Waals surface area (Å²) < 4.78 is 0. The molecule has 0 unspecified atom stereocenters. The number of aliphatic hydroxyl groups is 4. The summed E-state index contributed by atoms with van der Waals surface area (Å²) in [6, 6.07) is 9.75. The molecular weight excluding hydrogens is 272 g/mol. The van der Waals surface area contributed by atoms with E-state index in [9.17, 15) is 0 Å². The molecule has 0 fully saturated rings. The van der Waals surface area contributed by atoms with E-state index in [4.69, 9.17) is 20.4 Å². The molecule has 0 amide bonds. The highest BCUT2D eigenvalue weighted by molar-refractivity contribution is 5.45. The van der Waals surface area contributed by atoms with Gasteiger partial charge in [0, 0.05) is 31.9 Å². The zero-order valence-electron chi connectivity index (χ0n) is 12.7. The van der Waals surface area contributed by atoms with Gasteiger partial charge in [-0.3, -0.25) is 0 Å². The van der Waals surface area contributed by atoms with Crippen LogP contribution in [0.1, 0.15) is 0 Å². The van der Waals surface area contributed by atoms with Gasteiger partial charge in [-0.1, -0.05) is 18.2 Å². The van der Waals surface area contributed by atoms with Crippen molar-refractivity contribution in [1.82, 2.24) is 4.90 Å². The molecule has 4 N–H and O–H groups in total. The molecule has 6 nitrogen and oxygen atoms in total. The number of hydrogen-bond donors (Lipinski definition) is 4. The summed E-state index contributed by atoms with van der Waals surface area (Å²) in [6.07, 6.45) is 0. The lowest BCUT2D eigenvalue weighted by molar-refractivity contribution is 0.184. The van der Waals surface area contributed by atoms with E-state index in [1.165, 1.54) is 0 Å². The highest BCUT2D eigenvalue weighted by Gasteiger charge is 2.02. The first-order chi connectivity index (χ1) is 10.2. The lowest BCUT2D eigenvalue weighted by Gasteiger charge is -2.22. The highest BCUT2D eigenvalue weighted by atomic mass is 16.3. The highest BCUT2D eigenvalue weighted by Crippen LogP contribution is 2.11. The molecule has 0 aliphatic carbocycles. The zero-order chi connectivity index (χ0) is 15.9. The molecule has 0 aliphatic rings. The predicted octanol–water partition coefficient (Wildman–Crippen LogP) is -0.620. The van der Waals surface area contributed by atoms with Gasteiger partial charge in [0.25, 0.3) is 0 Å². The Kier molecular flexibility index (Phi) is 13.0. The normalized spacial score (nSPS) is 10.2. The van der Waals surface area contributed by atoms with Gasteiger partial charge in [-0.2, -0.15) is 0 Å². The van der Waals surface area contributed by atoms with E-state index in [1.807, 2.05) is 47.2 Å². The lowest BCUT2D eigenvalue weighted by Crippen LogP contribution is -2.29. The predicted molar refractivity (Wildman–Crippen MR) is 84.5 cm³/mol. The summed E-state index contributed by atoms with van der Waals surface area (Å²) in [5, 5.41) is 34.3. The van der Waals surface area contributed by atoms with Gasteiger partial charge in [-0.25, -0.2) is 0 Å². The Morgan fingerprint density at radius 1 is 0.714 bits per heavy atom. The van der Waals surface area contributed by atoms with E-state index < -0.39 is 0 Å². The van der Waals surface area contributed by atoms with Crippen LogP contribution in [0.2, 0.25) is 0 Å². The van der Waals surface area contributed by atoms with E-state index in [0.29, 0.717) is 26.2 Å². The third-order valence-electron chi connectivity index (χ3n) is 2.82. The molecule has 0 bridgehead atoms. The lowest BCUT2D eigenvalue weighted by atomic mass is 10.3. The standard InChI is InChI=1S/C10H15NO2.C5H13NO2/c12-8-6-11(7-9-13)10-4-2-1-3-5-10;1-6(2-4-7)3-5-8/h1-5,12-13H,6-9H2;7-8H,2-5H2,1H3. The minimum atomic E-state index is 0.106. The number of aliphatic hydroxyl groups excluding tert-OH is 4. The van der Waals surface area contributed by atoms with Gasteiger partial charge in [0.2, 0.25) is 0 Å². The van der Waals surface area contributed by atoms with Crippen LogP contribution < -0.4 is 4.90 Å². The fourth-order valence-electron chi connectivity index (χ4n) is 1.70. The molecule has 0 radical (unpaired) electrons. The smallest absolute Gasteiger partial charge is 0.0606 e. The van der Waals surface area contributed by atoms with Crippen molar-refractivity contribution in [2.24, 2.45) is 0 Å². The summed E-state index contributed by atoms with van der Waals surface area (Å²) in [5.41, 5.74) is 1.03. The van der Waals surface area contributed by atoms with Crippen LogP contribution in [0.25, 0.3) is 0 Å². The second-order valence-corrected chi connectivity index (χ2v) is 4.52. The molecule has 1 aromatic carbocycles. The molecule has 6 heteroatoms. The number of hydrogen-bond acceptors (Lipinski definition) is 6. The van der Waals surface area contributed by atoms with Crippen LogP contribution in [0.4, 0.5) is 5.69 Å². The second-order valence-electron chi connectivity index (χ2n) is 4.52. The number of para-hydroxylation sites is 1. The first-order valence-corrected chi connectivity index (χ1v) is 7.11. The van der Waals surface area contributed by atoms with Crippen LogP contribution in [0.5, 0.6) is 0 Å². The second kappa shape index (κ2) is 13.8. The van der Waals surface area contributed by atoms with E-state index in [-0.39, 0.29) is 26.4 Å². The van der Waals surface area contributed by atoms with Crippen LogP contribution in [-0.4, -0.2) is 85.0 Å². The molecule has 1 aromatic rings. The maximum absolute atomic E-state index is 8.80. The van der Waals surface area contributed by atoms with E-state index >= 15 is 0 Å². The van der Waals surface area contributed by atoms with Crippen LogP contribution in [-0.2, 0) is 0 Å². The molecule has 0 saturated heterocycles. The molecule has 0 aliphatic heterocycles. The minimum absolute atomic E-state index is 0.106. The van der Waals surface area contributed by atoms with E-state index in [0.717, 1.165) is 5.69 Å². The first-order valence-electron chi connectivity index (χ1n) is 7.11. The van der Waals surface area contributed by atoms with Crippen molar-refractivity contribution in [3.8, 4) is 0 Å². The quantitative estimate of drug-likeness (QED) is 0.486. The summed E-state index contributed by atoms with van der Waals surface area (Å²) in [5.74, 6) is 0. The van der Waals surface area contributed by atoms with Gasteiger partial charge in [-0.05, 0) is 19.2 Å². The molecule has 122 valence electrons. The fraction of sp³-hybridized carbons (Fsp3) is 0.600. The average Bonchev–Trinajstić information content (AvgIpc) is 2.49.